The molecule has 3 nitrogen and oxygen atoms in total. The van der Waals surface area contributed by atoms with Gasteiger partial charge in [-0.15, -0.1) is 11.8 Å². The first-order chi connectivity index (χ1) is 13.3. The Morgan fingerprint density at radius 3 is 2.44 bits per heavy atom. The first kappa shape index (κ1) is 16.5. The maximum Gasteiger partial charge on any atom is 0.118 e. The summed E-state index contributed by atoms with van der Waals surface area (Å²) in [5.74, 6) is 2.28. The molecule has 3 aromatic carbocycles. The Hall–Kier alpha value is -2.72. The van der Waals surface area contributed by atoms with Crippen LogP contribution in [0.2, 0.25) is 0 Å². The van der Waals surface area contributed by atoms with Gasteiger partial charge in [0, 0.05) is 22.1 Å². The summed E-state index contributed by atoms with van der Waals surface area (Å²) < 4.78 is 5.35. The van der Waals surface area contributed by atoms with E-state index in [1.54, 1.807) is 7.11 Å². The second-order valence-corrected chi connectivity index (χ2v) is 7.86. The third-order valence-corrected chi connectivity index (χ3v) is 6.46. The lowest BCUT2D eigenvalue weighted by atomic mass is 9.88. The monoisotopic (exact) mass is 372 g/mol. The van der Waals surface area contributed by atoms with E-state index in [9.17, 15) is 0 Å². The highest BCUT2D eigenvalue weighted by Crippen LogP contribution is 2.47. The van der Waals surface area contributed by atoms with E-state index in [2.05, 4.69) is 65.7 Å². The van der Waals surface area contributed by atoms with Crippen LogP contribution in [0.1, 0.15) is 17.2 Å². The Bertz CT molecular complexity index is 985. The van der Waals surface area contributed by atoms with Crippen molar-refractivity contribution >= 4 is 23.2 Å². The minimum Gasteiger partial charge on any atom is -0.497 e. The van der Waals surface area contributed by atoms with Crippen LogP contribution in [-0.4, -0.2) is 18.6 Å². The second kappa shape index (κ2) is 6.78. The molecule has 0 radical (unpaired) electrons. The van der Waals surface area contributed by atoms with Gasteiger partial charge >= 0.3 is 0 Å². The van der Waals surface area contributed by atoms with Gasteiger partial charge in [0.05, 0.1) is 24.6 Å². The third kappa shape index (κ3) is 2.81. The zero-order chi connectivity index (χ0) is 18.2. The topological polar surface area (TPSA) is 24.8 Å². The first-order valence-corrected chi connectivity index (χ1v) is 10.1. The molecule has 5 rings (SSSR count). The number of para-hydroxylation sites is 1. The predicted octanol–water partition coefficient (Wildman–Crippen LogP) is 5.38. The Morgan fingerprint density at radius 2 is 1.67 bits per heavy atom. The van der Waals surface area contributed by atoms with Gasteiger partial charge in [0.2, 0.25) is 0 Å². The molecule has 0 saturated carbocycles. The standard InChI is InChI=1S/C23H20N2OS/c1-26-18-13-11-16(12-14-18)23-20-15-27-21-10-6-5-9-19(21)22(20)24-25(23)17-7-3-2-4-8-17/h2-14,20,23H,15H2,1H3. The van der Waals surface area contributed by atoms with Crippen molar-refractivity contribution in [1.82, 2.24) is 0 Å². The molecule has 0 saturated heterocycles. The molecule has 0 aromatic heterocycles. The number of fused-ring (bicyclic) bond motifs is 3. The minimum atomic E-state index is 0.189. The van der Waals surface area contributed by atoms with E-state index in [0.717, 1.165) is 17.2 Å². The highest BCUT2D eigenvalue weighted by Gasteiger charge is 2.42. The quantitative estimate of drug-likeness (QED) is 0.617. The van der Waals surface area contributed by atoms with Crippen LogP contribution in [0.15, 0.2) is 88.9 Å². The molecule has 27 heavy (non-hydrogen) atoms. The number of ether oxygens (including phenoxy) is 1. The van der Waals surface area contributed by atoms with Gasteiger partial charge in [-0.1, -0.05) is 48.5 Å². The van der Waals surface area contributed by atoms with Crippen molar-refractivity contribution in [2.24, 2.45) is 11.0 Å². The van der Waals surface area contributed by atoms with Crippen molar-refractivity contribution in [3.63, 3.8) is 0 Å². The molecule has 0 fully saturated rings. The van der Waals surface area contributed by atoms with E-state index in [1.807, 2.05) is 30.0 Å². The van der Waals surface area contributed by atoms with Crippen LogP contribution in [0.3, 0.4) is 0 Å². The molecule has 0 aliphatic carbocycles. The molecular weight excluding hydrogens is 352 g/mol. The zero-order valence-electron chi connectivity index (χ0n) is 15.1. The maximum absolute atomic E-state index is 5.35. The van der Waals surface area contributed by atoms with Crippen LogP contribution in [0.4, 0.5) is 5.69 Å². The lowest BCUT2D eigenvalue weighted by molar-refractivity contribution is 0.414. The van der Waals surface area contributed by atoms with Crippen molar-refractivity contribution in [3.05, 3.63) is 90.0 Å². The molecule has 4 heteroatoms. The van der Waals surface area contributed by atoms with Crippen molar-refractivity contribution in [1.29, 1.82) is 0 Å². The van der Waals surface area contributed by atoms with Gasteiger partial charge in [0.1, 0.15) is 5.75 Å². The minimum absolute atomic E-state index is 0.189. The molecule has 0 N–H and O–H groups in total. The van der Waals surface area contributed by atoms with Gasteiger partial charge in [0.15, 0.2) is 0 Å². The third-order valence-electron chi connectivity index (χ3n) is 5.27. The number of hydrogen-bond donors (Lipinski definition) is 0. The average molecular weight is 372 g/mol. The molecule has 0 amide bonds. The summed E-state index contributed by atoms with van der Waals surface area (Å²) in [6.07, 6.45) is 0. The summed E-state index contributed by atoms with van der Waals surface area (Å²) in [4.78, 5) is 1.33. The van der Waals surface area contributed by atoms with Gasteiger partial charge in [-0.25, -0.2) is 0 Å². The molecule has 2 aliphatic heterocycles. The fourth-order valence-corrected chi connectivity index (χ4v) is 5.16. The number of anilines is 1. The number of rotatable bonds is 3. The van der Waals surface area contributed by atoms with E-state index >= 15 is 0 Å². The van der Waals surface area contributed by atoms with Crippen LogP contribution in [-0.2, 0) is 0 Å². The normalized spacial score (nSPS) is 20.6. The summed E-state index contributed by atoms with van der Waals surface area (Å²) in [6.45, 7) is 0. The van der Waals surface area contributed by atoms with Crippen molar-refractivity contribution in [3.8, 4) is 5.75 Å². The molecule has 134 valence electrons. The molecule has 2 aliphatic rings. The highest BCUT2D eigenvalue weighted by atomic mass is 32.2. The van der Waals surface area contributed by atoms with E-state index in [4.69, 9.17) is 9.84 Å². The van der Waals surface area contributed by atoms with Crippen molar-refractivity contribution in [2.45, 2.75) is 10.9 Å². The zero-order valence-corrected chi connectivity index (χ0v) is 15.9. The average Bonchev–Trinajstić information content (AvgIpc) is 3.14. The molecule has 2 heterocycles. The Morgan fingerprint density at radius 1 is 0.926 bits per heavy atom. The maximum atomic E-state index is 5.35. The summed E-state index contributed by atoms with van der Waals surface area (Å²) in [5.41, 5.74) is 4.87. The lowest BCUT2D eigenvalue weighted by Gasteiger charge is -2.30. The number of nitrogens with zero attached hydrogens (tertiary/aromatic N) is 2. The fraction of sp³-hybridized carbons (Fsp3) is 0.174. The van der Waals surface area contributed by atoms with Gasteiger partial charge in [-0.2, -0.15) is 5.10 Å². The Labute approximate surface area is 163 Å². The van der Waals surface area contributed by atoms with Gasteiger partial charge in [-0.05, 0) is 35.9 Å². The van der Waals surface area contributed by atoms with Gasteiger partial charge in [0.25, 0.3) is 0 Å². The number of hydrogen-bond acceptors (Lipinski definition) is 4. The van der Waals surface area contributed by atoms with Crippen molar-refractivity contribution in [2.75, 3.05) is 17.9 Å². The van der Waals surface area contributed by atoms with Crippen LogP contribution in [0, 0.1) is 5.92 Å². The molecular formula is C23H20N2OS. The number of thioether (sulfide) groups is 1. The van der Waals surface area contributed by atoms with Gasteiger partial charge < -0.3 is 4.74 Å². The number of methoxy groups -OCH3 is 1. The van der Waals surface area contributed by atoms with E-state index in [0.29, 0.717) is 5.92 Å². The summed E-state index contributed by atoms with van der Waals surface area (Å²) in [6, 6.07) is 27.7. The SMILES string of the molecule is COc1ccc(C2C3CSc4ccccc4C3=NN2c2ccccc2)cc1. The van der Waals surface area contributed by atoms with Crippen LogP contribution < -0.4 is 9.75 Å². The molecule has 3 aromatic rings. The van der Waals surface area contributed by atoms with E-state index < -0.39 is 0 Å². The fourth-order valence-electron chi connectivity index (χ4n) is 3.95. The predicted molar refractivity (Wildman–Crippen MR) is 112 cm³/mol. The highest BCUT2D eigenvalue weighted by molar-refractivity contribution is 7.99. The lowest BCUT2D eigenvalue weighted by Crippen LogP contribution is -2.29. The molecule has 2 atom stereocenters. The largest absolute Gasteiger partial charge is 0.497 e. The summed E-state index contributed by atoms with van der Waals surface area (Å²) >= 11 is 1.94. The Kier molecular flexibility index (Phi) is 4.13. The smallest absolute Gasteiger partial charge is 0.118 e. The van der Waals surface area contributed by atoms with Gasteiger partial charge in [-0.3, -0.25) is 5.01 Å². The number of benzene rings is 3. The molecule has 2 unspecified atom stereocenters. The van der Waals surface area contributed by atoms with E-state index in [-0.39, 0.29) is 6.04 Å². The summed E-state index contributed by atoms with van der Waals surface area (Å²) in [7, 11) is 1.71. The van der Waals surface area contributed by atoms with E-state index in [1.165, 1.54) is 21.7 Å². The first-order valence-electron chi connectivity index (χ1n) is 9.14. The number of hydrazone groups is 1. The molecule has 0 bridgehead atoms. The molecule has 0 spiro atoms. The van der Waals surface area contributed by atoms with Crippen molar-refractivity contribution < 1.29 is 4.74 Å². The second-order valence-electron chi connectivity index (χ2n) is 6.80. The summed E-state index contributed by atoms with van der Waals surface area (Å²) in [5, 5.41) is 7.33. The Balaban J connectivity index is 1.62. The van der Waals surface area contributed by atoms with Crippen LogP contribution >= 0.6 is 11.8 Å². The van der Waals surface area contributed by atoms with Crippen LogP contribution in [0.25, 0.3) is 0 Å². The van der Waals surface area contributed by atoms with Crippen LogP contribution in [0.5, 0.6) is 5.75 Å².